The molecule has 2 aromatic rings. The lowest BCUT2D eigenvalue weighted by Crippen LogP contribution is -2.43. The van der Waals surface area contributed by atoms with Gasteiger partial charge in [0, 0.05) is 19.1 Å². The largest absolute Gasteiger partial charge is 0.443 e. The zero-order valence-electron chi connectivity index (χ0n) is 26.8. The average Bonchev–Trinajstić information content (AvgIpc) is 3.66. The van der Waals surface area contributed by atoms with Gasteiger partial charge in [-0.1, -0.05) is 12.8 Å². The Bertz CT molecular complexity index is 1420. The number of aliphatic hydroxyl groups is 1. The Morgan fingerprint density at radius 2 is 1.84 bits per heavy atom. The fraction of sp³-hybridized carbons (Fsp3) is 0.793. The standard InChI is InChI=1S/C29H45ClN5O8P/c1-27(2,3)43-26(37)34(17-11-9-10-12-17)22-18-15-31-35(23(18)33-25(30)32-22)24-21-20(41-28(4,5)42-21)19(40-24)16-39-29(6,13-14-36)44(7,8)38/h15,17,19-21,24,36H,9-14,16H2,1-8H3/t19-,20-,21-,24-,29?/m1/s1. The number of rotatable bonds is 9. The SMILES string of the molecule is CC(C)(C)OC(=O)N(c1nc(Cl)nc2c1cnn2[C@@H]1O[C@H](COC(C)(CCO)P(C)(C)=O)[C@H]2OC(C)(C)O[C@H]21)C1CCCC1. The highest BCUT2D eigenvalue weighted by atomic mass is 35.5. The first-order chi connectivity index (χ1) is 20.4. The quantitative estimate of drug-likeness (QED) is 0.276. The van der Waals surface area contributed by atoms with E-state index in [0.717, 1.165) is 25.7 Å². The van der Waals surface area contributed by atoms with E-state index in [1.165, 1.54) is 0 Å². The Balaban J connectivity index is 1.51. The Morgan fingerprint density at radius 1 is 1.18 bits per heavy atom. The van der Waals surface area contributed by atoms with Crippen molar-refractivity contribution in [2.24, 2.45) is 0 Å². The van der Waals surface area contributed by atoms with Crippen molar-refractivity contribution in [1.82, 2.24) is 19.7 Å². The number of hydrogen-bond acceptors (Lipinski definition) is 11. The molecule has 0 radical (unpaired) electrons. The number of aromatic nitrogens is 4. The Morgan fingerprint density at radius 3 is 2.45 bits per heavy atom. The van der Waals surface area contributed by atoms with E-state index in [0.29, 0.717) is 16.9 Å². The number of halogens is 1. The lowest BCUT2D eigenvalue weighted by molar-refractivity contribution is -0.205. The molecule has 2 saturated heterocycles. The predicted octanol–water partition coefficient (Wildman–Crippen LogP) is 5.32. The number of ether oxygens (including phenoxy) is 5. The monoisotopic (exact) mass is 657 g/mol. The molecule has 1 saturated carbocycles. The van der Waals surface area contributed by atoms with Crippen LogP contribution in [0.1, 0.15) is 79.9 Å². The van der Waals surface area contributed by atoms with Gasteiger partial charge >= 0.3 is 6.09 Å². The Labute approximate surface area is 263 Å². The topological polar surface area (TPSA) is 147 Å². The van der Waals surface area contributed by atoms with E-state index >= 15 is 0 Å². The van der Waals surface area contributed by atoms with Crippen LogP contribution in [0.25, 0.3) is 11.0 Å². The molecule has 44 heavy (non-hydrogen) atoms. The van der Waals surface area contributed by atoms with Crippen molar-refractivity contribution in [3.63, 3.8) is 0 Å². The smallest absolute Gasteiger partial charge is 0.416 e. The maximum absolute atomic E-state index is 13.6. The molecule has 5 atom stereocenters. The van der Waals surface area contributed by atoms with Crippen molar-refractivity contribution in [1.29, 1.82) is 0 Å². The molecule has 0 bridgehead atoms. The van der Waals surface area contributed by atoms with Gasteiger partial charge in [-0.3, -0.25) is 4.90 Å². The van der Waals surface area contributed by atoms with Gasteiger partial charge in [-0.2, -0.15) is 15.1 Å². The number of nitrogens with zero attached hydrogens (tertiary/aromatic N) is 5. The Hall–Kier alpha value is -1.86. The van der Waals surface area contributed by atoms with E-state index in [2.05, 4.69) is 15.1 Å². The van der Waals surface area contributed by atoms with E-state index in [4.69, 9.17) is 35.3 Å². The molecule has 246 valence electrons. The number of anilines is 1. The maximum atomic E-state index is 13.6. The minimum atomic E-state index is -2.76. The van der Waals surface area contributed by atoms with Crippen molar-refractivity contribution >= 4 is 41.7 Å². The summed E-state index contributed by atoms with van der Waals surface area (Å²) in [6.07, 6.45) is 2.39. The first kappa shape index (κ1) is 33.5. The number of fused-ring (bicyclic) bond motifs is 2. The molecule has 0 aromatic carbocycles. The minimum Gasteiger partial charge on any atom is -0.443 e. The molecule has 5 rings (SSSR count). The number of amides is 1. The summed E-state index contributed by atoms with van der Waals surface area (Å²) in [5, 5.41) is 13.7. The molecule has 1 amide bonds. The van der Waals surface area contributed by atoms with Crippen molar-refractivity contribution in [3.05, 3.63) is 11.5 Å². The summed E-state index contributed by atoms with van der Waals surface area (Å²) in [4.78, 5) is 24.2. The molecule has 1 aliphatic carbocycles. The van der Waals surface area contributed by atoms with Gasteiger partial charge in [0.1, 0.15) is 36.4 Å². The van der Waals surface area contributed by atoms with Gasteiger partial charge in [-0.15, -0.1) is 0 Å². The van der Waals surface area contributed by atoms with Gasteiger partial charge in [0.15, 0.2) is 23.5 Å². The van der Waals surface area contributed by atoms with Crippen LogP contribution in [0.2, 0.25) is 5.28 Å². The Kier molecular flexibility index (Phi) is 9.18. The summed E-state index contributed by atoms with van der Waals surface area (Å²) in [7, 11) is -2.76. The summed E-state index contributed by atoms with van der Waals surface area (Å²) in [5.41, 5.74) is -0.344. The summed E-state index contributed by atoms with van der Waals surface area (Å²) in [6, 6.07) is -0.107. The minimum absolute atomic E-state index is 0.0492. The normalized spacial score (nSPS) is 27.0. The molecule has 15 heteroatoms. The fourth-order valence-electron chi connectivity index (χ4n) is 6.09. The van der Waals surface area contributed by atoms with Crippen molar-refractivity contribution < 1.29 is 38.2 Å². The maximum Gasteiger partial charge on any atom is 0.416 e. The van der Waals surface area contributed by atoms with Crippen LogP contribution in [0.3, 0.4) is 0 Å². The van der Waals surface area contributed by atoms with Gasteiger partial charge in [-0.05, 0) is 79.3 Å². The van der Waals surface area contributed by atoms with Crippen molar-refractivity contribution in [2.45, 2.75) is 121 Å². The van der Waals surface area contributed by atoms with Gasteiger partial charge in [0.2, 0.25) is 5.28 Å². The molecule has 4 heterocycles. The third kappa shape index (κ3) is 6.65. The number of carbonyl (C=O) groups is 1. The first-order valence-electron chi connectivity index (χ1n) is 15.2. The molecule has 1 unspecified atom stereocenters. The molecule has 2 aromatic heterocycles. The lowest BCUT2D eigenvalue weighted by Gasteiger charge is -2.35. The van der Waals surface area contributed by atoms with Gasteiger partial charge < -0.3 is 33.4 Å². The van der Waals surface area contributed by atoms with Crippen molar-refractivity contribution in [2.75, 3.05) is 31.4 Å². The summed E-state index contributed by atoms with van der Waals surface area (Å²) >= 11 is 6.50. The van der Waals surface area contributed by atoms with Crippen molar-refractivity contribution in [3.8, 4) is 0 Å². The van der Waals surface area contributed by atoms with Crippen LogP contribution in [0.5, 0.6) is 0 Å². The number of aliphatic hydroxyl groups excluding tert-OH is 1. The molecule has 0 spiro atoms. The van der Waals surface area contributed by atoms with Gasteiger partial charge in [0.25, 0.3) is 0 Å². The molecular formula is C29H45ClN5O8P. The first-order valence-corrected chi connectivity index (χ1v) is 18.1. The second kappa shape index (κ2) is 12.1. The highest BCUT2D eigenvalue weighted by molar-refractivity contribution is 7.63. The number of hydrogen-bond donors (Lipinski definition) is 1. The highest BCUT2D eigenvalue weighted by Crippen LogP contribution is 2.54. The van der Waals surface area contributed by atoms with Crippen LogP contribution in [-0.4, -0.2) is 98.6 Å². The second-order valence-corrected chi connectivity index (χ2v) is 17.9. The van der Waals surface area contributed by atoms with Crippen LogP contribution in [0.15, 0.2) is 6.20 Å². The third-order valence-corrected chi connectivity index (χ3v) is 11.4. The molecular weight excluding hydrogens is 613 g/mol. The van der Waals surface area contributed by atoms with E-state index < -0.39 is 54.5 Å². The number of carbonyl (C=O) groups excluding carboxylic acids is 1. The zero-order valence-corrected chi connectivity index (χ0v) is 28.4. The summed E-state index contributed by atoms with van der Waals surface area (Å²) in [5.74, 6) is -0.585. The van der Waals surface area contributed by atoms with Crippen LogP contribution in [-0.2, 0) is 28.2 Å². The van der Waals surface area contributed by atoms with Crippen LogP contribution in [0, 0.1) is 0 Å². The fourth-order valence-corrected chi connectivity index (χ4v) is 7.28. The van der Waals surface area contributed by atoms with Crippen LogP contribution >= 0.6 is 18.7 Å². The van der Waals surface area contributed by atoms with E-state index in [1.807, 2.05) is 34.6 Å². The van der Waals surface area contributed by atoms with Crippen LogP contribution in [0.4, 0.5) is 10.6 Å². The molecule has 3 fully saturated rings. The van der Waals surface area contributed by atoms with Gasteiger partial charge in [-0.25, -0.2) is 9.48 Å². The predicted molar refractivity (Wildman–Crippen MR) is 165 cm³/mol. The second-order valence-electron chi connectivity index (χ2n) is 13.9. The van der Waals surface area contributed by atoms with E-state index in [-0.39, 0.29) is 31.0 Å². The highest BCUT2D eigenvalue weighted by Gasteiger charge is 2.57. The average molecular weight is 658 g/mol. The third-order valence-electron chi connectivity index (χ3n) is 8.55. The zero-order chi connectivity index (χ0) is 32.2. The molecule has 13 nitrogen and oxygen atoms in total. The van der Waals surface area contributed by atoms with Gasteiger partial charge in [0.05, 0.1) is 18.2 Å². The van der Waals surface area contributed by atoms with E-state index in [1.54, 1.807) is 36.0 Å². The lowest BCUT2D eigenvalue weighted by atomic mass is 10.1. The van der Waals surface area contributed by atoms with E-state index in [9.17, 15) is 14.5 Å². The molecule has 1 N–H and O–H groups in total. The van der Waals surface area contributed by atoms with Crippen LogP contribution < -0.4 is 4.90 Å². The molecule has 2 aliphatic heterocycles. The summed E-state index contributed by atoms with van der Waals surface area (Å²) in [6.45, 7) is 14.0. The molecule has 3 aliphatic rings. The summed E-state index contributed by atoms with van der Waals surface area (Å²) < 4.78 is 45.7.